The molecule has 1 atom stereocenters. The molecule has 1 unspecified atom stereocenters. The van der Waals surface area contributed by atoms with Crippen LogP contribution in [0.15, 0.2) is 22.7 Å². The number of morpholine rings is 1. The average molecular weight is 400 g/mol. The summed E-state index contributed by atoms with van der Waals surface area (Å²) in [6.45, 7) is 6.18. The van der Waals surface area contributed by atoms with E-state index in [2.05, 4.69) is 21.2 Å². The number of hydrogen-bond acceptors (Lipinski definition) is 5. The van der Waals surface area contributed by atoms with Gasteiger partial charge in [-0.25, -0.2) is 4.79 Å². The smallest absolute Gasteiger partial charge is 0.410 e. The number of hydrogen-bond donors (Lipinski definition) is 2. The number of nitrogens with zero attached hydrogens (tertiary/aromatic N) is 1. The van der Waals surface area contributed by atoms with E-state index >= 15 is 0 Å². The number of halogens is 1. The van der Waals surface area contributed by atoms with Crippen molar-refractivity contribution in [1.29, 1.82) is 0 Å². The van der Waals surface area contributed by atoms with Crippen molar-refractivity contribution in [3.8, 4) is 0 Å². The molecule has 1 saturated heterocycles. The van der Waals surface area contributed by atoms with Gasteiger partial charge in [0.05, 0.1) is 24.5 Å². The van der Waals surface area contributed by atoms with E-state index in [0.29, 0.717) is 22.4 Å². The van der Waals surface area contributed by atoms with Crippen LogP contribution in [0.1, 0.15) is 20.8 Å². The number of benzene rings is 1. The standard InChI is InChI=1S/C16H22BrN3O4/c1-16(2,3)24-15(22)20-7-8-23-12(9-20)14(21)19-11-6-4-5-10(17)13(11)18/h4-6,12H,7-9,18H2,1-3H3,(H,19,21). The molecule has 7 nitrogen and oxygen atoms in total. The van der Waals surface area contributed by atoms with Gasteiger partial charge in [0.25, 0.3) is 5.91 Å². The lowest BCUT2D eigenvalue weighted by atomic mass is 10.2. The number of nitrogens with one attached hydrogen (secondary N) is 1. The van der Waals surface area contributed by atoms with Gasteiger partial charge in [-0.1, -0.05) is 6.07 Å². The first-order valence-electron chi connectivity index (χ1n) is 7.62. The fourth-order valence-corrected chi connectivity index (χ4v) is 2.53. The average Bonchev–Trinajstić information content (AvgIpc) is 2.50. The molecular weight excluding hydrogens is 378 g/mol. The van der Waals surface area contributed by atoms with Gasteiger partial charge in [-0.3, -0.25) is 4.79 Å². The van der Waals surface area contributed by atoms with Crippen molar-refractivity contribution in [2.24, 2.45) is 0 Å². The van der Waals surface area contributed by atoms with E-state index in [1.165, 1.54) is 4.90 Å². The Morgan fingerprint density at radius 2 is 2.12 bits per heavy atom. The minimum atomic E-state index is -0.773. The molecule has 1 fully saturated rings. The van der Waals surface area contributed by atoms with Crippen molar-refractivity contribution < 1.29 is 19.1 Å². The second kappa shape index (κ2) is 7.40. The lowest BCUT2D eigenvalue weighted by molar-refractivity contribution is -0.132. The number of amides is 2. The first-order chi connectivity index (χ1) is 11.2. The number of ether oxygens (including phenoxy) is 2. The SMILES string of the molecule is CC(C)(C)OC(=O)N1CCOC(C(=O)Nc2cccc(Br)c2N)C1. The molecule has 1 aliphatic heterocycles. The highest BCUT2D eigenvalue weighted by Crippen LogP contribution is 2.27. The van der Waals surface area contributed by atoms with E-state index in [9.17, 15) is 9.59 Å². The minimum absolute atomic E-state index is 0.134. The fraction of sp³-hybridized carbons (Fsp3) is 0.500. The number of nitrogens with two attached hydrogens (primary N) is 1. The van der Waals surface area contributed by atoms with E-state index in [0.717, 1.165) is 0 Å². The maximum Gasteiger partial charge on any atom is 0.410 e. The highest BCUT2D eigenvalue weighted by Gasteiger charge is 2.32. The number of anilines is 2. The highest BCUT2D eigenvalue weighted by atomic mass is 79.9. The van der Waals surface area contributed by atoms with Gasteiger partial charge >= 0.3 is 6.09 Å². The quantitative estimate of drug-likeness (QED) is 0.745. The van der Waals surface area contributed by atoms with E-state index in [4.69, 9.17) is 15.2 Å². The molecule has 2 rings (SSSR count). The van der Waals surface area contributed by atoms with E-state index in [1.807, 2.05) is 0 Å². The number of para-hydroxylation sites is 1. The van der Waals surface area contributed by atoms with Crippen LogP contribution in [0.25, 0.3) is 0 Å². The zero-order valence-electron chi connectivity index (χ0n) is 14.0. The molecule has 0 spiro atoms. The van der Waals surface area contributed by atoms with E-state index in [-0.39, 0.29) is 19.1 Å². The van der Waals surface area contributed by atoms with Crippen LogP contribution in [-0.2, 0) is 14.3 Å². The summed E-state index contributed by atoms with van der Waals surface area (Å²) in [4.78, 5) is 26.0. The number of carbonyl (C=O) groups is 2. The monoisotopic (exact) mass is 399 g/mol. The van der Waals surface area contributed by atoms with E-state index < -0.39 is 17.8 Å². The molecule has 0 saturated carbocycles. The third-order valence-corrected chi connectivity index (χ3v) is 4.01. The largest absolute Gasteiger partial charge is 0.444 e. The maximum atomic E-state index is 12.4. The fourth-order valence-electron chi connectivity index (χ4n) is 2.16. The molecule has 0 aromatic heterocycles. The maximum absolute atomic E-state index is 12.4. The van der Waals surface area contributed by atoms with Gasteiger partial charge in [-0.05, 0) is 48.8 Å². The summed E-state index contributed by atoms with van der Waals surface area (Å²) in [6.07, 6.45) is -1.23. The zero-order chi connectivity index (χ0) is 17.9. The summed E-state index contributed by atoms with van der Waals surface area (Å²) in [5.41, 5.74) is 6.26. The Kier molecular flexibility index (Phi) is 5.71. The molecule has 0 aliphatic carbocycles. The molecule has 1 heterocycles. The third kappa shape index (κ3) is 4.85. The minimum Gasteiger partial charge on any atom is -0.444 e. The predicted octanol–water partition coefficient (Wildman–Crippen LogP) is 2.61. The second-order valence-corrected chi connectivity index (χ2v) is 7.33. The Hall–Kier alpha value is -1.80. The van der Waals surface area contributed by atoms with Crippen molar-refractivity contribution in [2.75, 3.05) is 30.7 Å². The topological polar surface area (TPSA) is 93.9 Å². The van der Waals surface area contributed by atoms with Crippen molar-refractivity contribution in [3.63, 3.8) is 0 Å². The van der Waals surface area contributed by atoms with Crippen molar-refractivity contribution in [2.45, 2.75) is 32.5 Å². The van der Waals surface area contributed by atoms with Crippen molar-refractivity contribution >= 4 is 39.3 Å². The summed E-state index contributed by atoms with van der Waals surface area (Å²) in [7, 11) is 0. The summed E-state index contributed by atoms with van der Waals surface area (Å²) >= 11 is 3.31. The normalized spacial score (nSPS) is 18.2. The Morgan fingerprint density at radius 1 is 1.42 bits per heavy atom. The van der Waals surface area contributed by atoms with Crippen LogP contribution in [0.3, 0.4) is 0 Å². The van der Waals surface area contributed by atoms with Crippen LogP contribution in [0.2, 0.25) is 0 Å². The zero-order valence-corrected chi connectivity index (χ0v) is 15.6. The molecule has 132 valence electrons. The molecule has 1 aromatic rings. The predicted molar refractivity (Wildman–Crippen MR) is 94.7 cm³/mol. The van der Waals surface area contributed by atoms with Crippen LogP contribution < -0.4 is 11.1 Å². The summed E-state index contributed by atoms with van der Waals surface area (Å²) in [5.74, 6) is -0.354. The lowest BCUT2D eigenvalue weighted by Gasteiger charge is -2.33. The van der Waals surface area contributed by atoms with Crippen LogP contribution in [0, 0.1) is 0 Å². The van der Waals surface area contributed by atoms with Crippen LogP contribution >= 0.6 is 15.9 Å². The Labute approximate surface area is 149 Å². The molecule has 24 heavy (non-hydrogen) atoms. The lowest BCUT2D eigenvalue weighted by Crippen LogP contribution is -2.51. The number of carbonyl (C=O) groups excluding carboxylic acids is 2. The van der Waals surface area contributed by atoms with Gasteiger partial charge in [-0.2, -0.15) is 0 Å². The Balaban J connectivity index is 2.00. The van der Waals surface area contributed by atoms with Crippen molar-refractivity contribution in [1.82, 2.24) is 4.90 Å². The molecule has 0 bridgehead atoms. The third-order valence-electron chi connectivity index (χ3n) is 3.32. The first kappa shape index (κ1) is 18.5. The Morgan fingerprint density at radius 3 is 2.79 bits per heavy atom. The first-order valence-corrected chi connectivity index (χ1v) is 8.41. The van der Waals surface area contributed by atoms with E-state index in [1.54, 1.807) is 39.0 Å². The highest BCUT2D eigenvalue weighted by molar-refractivity contribution is 9.10. The van der Waals surface area contributed by atoms with Gasteiger partial charge < -0.3 is 25.4 Å². The number of rotatable bonds is 2. The second-order valence-electron chi connectivity index (χ2n) is 6.48. The molecule has 1 aromatic carbocycles. The molecule has 1 aliphatic rings. The van der Waals surface area contributed by atoms with Gasteiger partial charge in [0.15, 0.2) is 6.10 Å². The van der Waals surface area contributed by atoms with Gasteiger partial charge in [0.2, 0.25) is 0 Å². The molecular formula is C16H22BrN3O4. The summed E-state index contributed by atoms with van der Waals surface area (Å²) in [5, 5.41) is 2.73. The molecule has 2 amide bonds. The Bertz CT molecular complexity index is 630. The van der Waals surface area contributed by atoms with Crippen LogP contribution in [-0.4, -0.2) is 48.3 Å². The summed E-state index contributed by atoms with van der Waals surface area (Å²) in [6, 6.07) is 5.25. The van der Waals surface area contributed by atoms with Gasteiger partial charge in [0.1, 0.15) is 5.60 Å². The number of nitrogen functional groups attached to an aromatic ring is 1. The molecule has 3 N–H and O–H groups in total. The van der Waals surface area contributed by atoms with Gasteiger partial charge in [0, 0.05) is 11.0 Å². The van der Waals surface area contributed by atoms with Crippen LogP contribution in [0.5, 0.6) is 0 Å². The van der Waals surface area contributed by atoms with Gasteiger partial charge in [-0.15, -0.1) is 0 Å². The van der Waals surface area contributed by atoms with Crippen molar-refractivity contribution in [3.05, 3.63) is 22.7 Å². The summed E-state index contributed by atoms with van der Waals surface area (Å²) < 4.78 is 11.5. The molecule has 0 radical (unpaired) electrons. The molecule has 8 heteroatoms. The van der Waals surface area contributed by atoms with Crippen LogP contribution in [0.4, 0.5) is 16.2 Å².